The maximum atomic E-state index is 5.54. The Hall–Kier alpha value is -0.730. The highest BCUT2D eigenvalue weighted by molar-refractivity contribution is 14.1. The molecule has 1 N–H and O–H groups in total. The summed E-state index contributed by atoms with van der Waals surface area (Å²) in [5, 5.41) is 3.41. The molecule has 1 aromatic rings. The summed E-state index contributed by atoms with van der Waals surface area (Å²) >= 11 is 2.46. The number of hydrogen-bond donors (Lipinski definition) is 1. The summed E-state index contributed by atoms with van der Waals surface area (Å²) in [5.74, 6) is 2.81. The predicted molar refractivity (Wildman–Crippen MR) is 91.0 cm³/mol. The van der Waals surface area contributed by atoms with Gasteiger partial charge in [0, 0.05) is 41.9 Å². The van der Waals surface area contributed by atoms with Crippen LogP contribution in [0.3, 0.4) is 0 Å². The van der Waals surface area contributed by atoms with E-state index in [1.54, 1.807) is 0 Å². The van der Waals surface area contributed by atoms with Crippen LogP contribution in [-0.2, 0) is 6.42 Å². The van der Waals surface area contributed by atoms with Crippen LogP contribution < -0.4 is 10.2 Å². The minimum Gasteiger partial charge on any atom is -0.369 e. The van der Waals surface area contributed by atoms with Crippen molar-refractivity contribution in [2.45, 2.75) is 27.2 Å². The van der Waals surface area contributed by atoms with E-state index in [1.165, 1.54) is 31.5 Å². The zero-order valence-electron chi connectivity index (χ0n) is 11.9. The zero-order valence-corrected chi connectivity index (χ0v) is 14.1. The van der Waals surface area contributed by atoms with Gasteiger partial charge >= 0.3 is 0 Å². The van der Waals surface area contributed by atoms with Crippen molar-refractivity contribution in [1.29, 1.82) is 0 Å². The quantitative estimate of drug-likeness (QED) is 0.638. The molecule has 1 aliphatic heterocycles. The van der Waals surface area contributed by atoms with Crippen LogP contribution in [0.25, 0.3) is 0 Å². The third-order valence-electron chi connectivity index (χ3n) is 3.99. The van der Waals surface area contributed by atoms with Crippen molar-refractivity contribution in [3.8, 4) is 12.3 Å². The molecule has 1 saturated heterocycles. The molecule has 19 heavy (non-hydrogen) atoms. The number of nitrogens with one attached hydrogen (secondary N) is 1. The number of rotatable bonds is 2. The topological polar surface area (TPSA) is 15.3 Å². The Labute approximate surface area is 130 Å². The van der Waals surface area contributed by atoms with Gasteiger partial charge in [0.2, 0.25) is 0 Å². The lowest BCUT2D eigenvalue weighted by molar-refractivity contribution is 0.587. The number of halogens is 1. The molecule has 0 radical (unpaired) electrons. The molecule has 1 heterocycles. The van der Waals surface area contributed by atoms with Crippen molar-refractivity contribution in [2.75, 3.05) is 31.1 Å². The van der Waals surface area contributed by atoms with Crippen LogP contribution in [0.2, 0.25) is 0 Å². The van der Waals surface area contributed by atoms with Crippen LogP contribution >= 0.6 is 22.6 Å². The first-order valence-corrected chi connectivity index (χ1v) is 7.83. The van der Waals surface area contributed by atoms with E-state index in [0.29, 0.717) is 0 Å². The zero-order chi connectivity index (χ0) is 14.0. The van der Waals surface area contributed by atoms with Crippen LogP contribution in [0, 0.1) is 36.7 Å². The van der Waals surface area contributed by atoms with Crippen LogP contribution in [0.4, 0.5) is 5.69 Å². The fourth-order valence-corrected chi connectivity index (χ4v) is 3.53. The van der Waals surface area contributed by atoms with Gasteiger partial charge in [0.1, 0.15) is 0 Å². The number of nitrogens with zero attached hydrogens (tertiary/aromatic N) is 1. The monoisotopic (exact) mass is 368 g/mol. The molecule has 0 unspecified atom stereocenters. The van der Waals surface area contributed by atoms with E-state index in [-0.39, 0.29) is 0 Å². The number of hydrogen-bond acceptors (Lipinski definition) is 2. The lowest BCUT2D eigenvalue weighted by Gasteiger charge is -2.33. The second-order valence-electron chi connectivity index (χ2n) is 5.13. The van der Waals surface area contributed by atoms with Gasteiger partial charge in [-0.2, -0.15) is 0 Å². The third-order valence-corrected chi connectivity index (χ3v) is 5.60. The Morgan fingerprint density at radius 3 is 2.37 bits per heavy atom. The second kappa shape index (κ2) is 6.15. The van der Waals surface area contributed by atoms with E-state index in [2.05, 4.69) is 59.5 Å². The van der Waals surface area contributed by atoms with Gasteiger partial charge in [-0.15, -0.1) is 12.3 Å². The molecule has 0 bridgehead atoms. The third kappa shape index (κ3) is 2.75. The Bertz CT molecular complexity index is 523. The Balaban J connectivity index is 2.56. The van der Waals surface area contributed by atoms with Gasteiger partial charge in [-0.25, -0.2) is 0 Å². The van der Waals surface area contributed by atoms with Crippen LogP contribution in [0.5, 0.6) is 0 Å². The summed E-state index contributed by atoms with van der Waals surface area (Å²) in [5.41, 5.74) is 6.87. The molecule has 0 spiro atoms. The molecule has 0 amide bonds. The molecule has 0 saturated carbocycles. The van der Waals surface area contributed by atoms with Crippen LogP contribution in [-0.4, -0.2) is 26.2 Å². The molecule has 0 aromatic heterocycles. The molecule has 0 aliphatic carbocycles. The largest absolute Gasteiger partial charge is 0.369 e. The Morgan fingerprint density at radius 1 is 1.16 bits per heavy atom. The van der Waals surface area contributed by atoms with Gasteiger partial charge in [0.25, 0.3) is 0 Å². The predicted octanol–water partition coefficient (Wildman–Crippen LogP) is 2.80. The maximum absolute atomic E-state index is 5.54. The first-order valence-electron chi connectivity index (χ1n) is 6.75. The molecule has 1 fully saturated rings. The number of piperazine rings is 1. The highest BCUT2D eigenvalue weighted by Crippen LogP contribution is 2.35. The van der Waals surface area contributed by atoms with Crippen molar-refractivity contribution in [2.24, 2.45) is 0 Å². The molecule has 2 nitrogen and oxygen atoms in total. The van der Waals surface area contributed by atoms with Crippen molar-refractivity contribution in [3.63, 3.8) is 0 Å². The molecule has 3 heteroatoms. The Kier molecular flexibility index (Phi) is 4.75. The molecular weight excluding hydrogens is 347 g/mol. The second-order valence-corrected chi connectivity index (χ2v) is 6.21. The highest BCUT2D eigenvalue weighted by Gasteiger charge is 2.20. The fourth-order valence-electron chi connectivity index (χ4n) is 2.95. The maximum Gasteiger partial charge on any atom is 0.0440 e. The van der Waals surface area contributed by atoms with E-state index in [4.69, 9.17) is 6.42 Å². The molecule has 102 valence electrons. The lowest BCUT2D eigenvalue weighted by Crippen LogP contribution is -2.44. The van der Waals surface area contributed by atoms with Crippen molar-refractivity contribution >= 4 is 28.3 Å². The number of anilines is 1. The van der Waals surface area contributed by atoms with E-state index in [0.717, 1.165) is 32.6 Å². The van der Waals surface area contributed by atoms with Crippen LogP contribution in [0.1, 0.15) is 22.3 Å². The van der Waals surface area contributed by atoms with Gasteiger partial charge in [-0.05, 0) is 65.6 Å². The van der Waals surface area contributed by atoms with Gasteiger partial charge in [0.15, 0.2) is 0 Å². The van der Waals surface area contributed by atoms with Crippen molar-refractivity contribution < 1.29 is 0 Å². The molecule has 0 atom stereocenters. The standard InChI is InChI=1S/C16H21IN2/c1-5-6-14-11(2)15(17)13(4)16(12(14)3)19-9-7-18-8-10-19/h1,18H,6-10H2,2-4H3. The minimum atomic E-state index is 0.729. The highest BCUT2D eigenvalue weighted by atomic mass is 127. The van der Waals surface area contributed by atoms with Gasteiger partial charge in [-0.1, -0.05) is 0 Å². The smallest absolute Gasteiger partial charge is 0.0440 e. The van der Waals surface area contributed by atoms with Crippen molar-refractivity contribution in [1.82, 2.24) is 5.32 Å². The number of benzene rings is 1. The first kappa shape index (κ1) is 14.7. The Morgan fingerprint density at radius 2 is 1.79 bits per heavy atom. The van der Waals surface area contributed by atoms with Crippen molar-refractivity contribution in [3.05, 3.63) is 25.8 Å². The van der Waals surface area contributed by atoms with Gasteiger partial charge in [0.05, 0.1) is 0 Å². The van der Waals surface area contributed by atoms with Crippen LogP contribution in [0.15, 0.2) is 0 Å². The van der Waals surface area contributed by atoms with E-state index in [1.807, 2.05) is 0 Å². The van der Waals surface area contributed by atoms with E-state index in [9.17, 15) is 0 Å². The summed E-state index contributed by atoms with van der Waals surface area (Å²) in [4.78, 5) is 2.50. The van der Waals surface area contributed by atoms with E-state index < -0.39 is 0 Å². The fraction of sp³-hybridized carbons (Fsp3) is 0.500. The minimum absolute atomic E-state index is 0.729. The summed E-state index contributed by atoms with van der Waals surface area (Å²) in [6.45, 7) is 10.9. The molecular formula is C16H21IN2. The van der Waals surface area contributed by atoms with E-state index >= 15 is 0 Å². The average Bonchev–Trinajstić information content (AvgIpc) is 2.43. The SMILES string of the molecule is C#CCc1c(C)c(I)c(C)c(N2CCNCC2)c1C. The lowest BCUT2D eigenvalue weighted by atomic mass is 9.94. The normalized spacial score (nSPS) is 15.4. The molecule has 1 aromatic carbocycles. The number of terminal acetylenes is 1. The summed E-state index contributed by atoms with van der Waals surface area (Å²) < 4.78 is 1.36. The molecule has 2 rings (SSSR count). The summed E-state index contributed by atoms with van der Waals surface area (Å²) in [6.07, 6.45) is 6.27. The van der Waals surface area contributed by atoms with Gasteiger partial charge in [-0.3, -0.25) is 0 Å². The first-order chi connectivity index (χ1) is 9.07. The summed E-state index contributed by atoms with van der Waals surface area (Å²) in [7, 11) is 0. The molecule has 1 aliphatic rings. The van der Waals surface area contributed by atoms with Gasteiger partial charge < -0.3 is 10.2 Å². The summed E-state index contributed by atoms with van der Waals surface area (Å²) in [6, 6.07) is 0. The average molecular weight is 368 g/mol.